The molecule has 0 aliphatic rings. The maximum absolute atomic E-state index is 12.6. The Labute approximate surface area is 161 Å². The molecule has 0 atom stereocenters. The van der Waals surface area contributed by atoms with Crippen LogP contribution in [-0.4, -0.2) is 36.5 Å². The van der Waals surface area contributed by atoms with Crippen LogP contribution in [0.3, 0.4) is 0 Å². The van der Waals surface area contributed by atoms with Gasteiger partial charge in [-0.05, 0) is 32.1 Å². The molecule has 0 aliphatic heterocycles. The molecule has 2 rings (SSSR count). The molecule has 0 saturated carbocycles. The van der Waals surface area contributed by atoms with Crippen molar-refractivity contribution >= 4 is 17.3 Å². The molecular weight excluding hydrogens is 375 g/mol. The van der Waals surface area contributed by atoms with Crippen molar-refractivity contribution in [2.75, 3.05) is 20.6 Å². The Balaban J connectivity index is 1.99. The Kier molecular flexibility index (Phi) is 7.61. The van der Waals surface area contributed by atoms with Crippen LogP contribution in [0.15, 0.2) is 34.6 Å². The maximum atomic E-state index is 12.6. The standard InChI is InChI=1S/C18H24F3N5S/c1-4-22-17(24-10-16-25-15(12-27-16)18(19,20)21)23-9-13-6-5-7-14(8-13)11-26(2)3/h5-8,12H,4,9-11H2,1-3H3,(H2,22,23,24). The summed E-state index contributed by atoms with van der Waals surface area (Å²) in [5.74, 6) is 0.541. The van der Waals surface area contributed by atoms with Crippen molar-refractivity contribution in [3.63, 3.8) is 0 Å². The zero-order valence-electron chi connectivity index (χ0n) is 15.6. The molecule has 0 spiro atoms. The van der Waals surface area contributed by atoms with Crippen molar-refractivity contribution in [3.8, 4) is 0 Å². The van der Waals surface area contributed by atoms with Gasteiger partial charge in [-0.1, -0.05) is 24.3 Å². The third kappa shape index (κ3) is 7.18. The van der Waals surface area contributed by atoms with Gasteiger partial charge in [0.1, 0.15) is 5.01 Å². The van der Waals surface area contributed by atoms with Crippen molar-refractivity contribution in [3.05, 3.63) is 51.5 Å². The molecule has 0 amide bonds. The molecule has 5 nitrogen and oxygen atoms in total. The van der Waals surface area contributed by atoms with Gasteiger partial charge < -0.3 is 15.5 Å². The fourth-order valence-electron chi connectivity index (χ4n) is 2.39. The molecule has 27 heavy (non-hydrogen) atoms. The quantitative estimate of drug-likeness (QED) is 0.553. The summed E-state index contributed by atoms with van der Waals surface area (Å²) in [6.45, 7) is 4.09. The number of halogens is 3. The van der Waals surface area contributed by atoms with Gasteiger partial charge in [0.05, 0.1) is 13.1 Å². The van der Waals surface area contributed by atoms with Gasteiger partial charge in [-0.25, -0.2) is 9.98 Å². The average molecular weight is 399 g/mol. The first-order valence-corrected chi connectivity index (χ1v) is 9.42. The normalized spacial score (nSPS) is 12.5. The number of thiazole rings is 1. The van der Waals surface area contributed by atoms with E-state index in [2.05, 4.69) is 37.6 Å². The van der Waals surface area contributed by atoms with E-state index in [4.69, 9.17) is 0 Å². The zero-order valence-corrected chi connectivity index (χ0v) is 16.4. The molecule has 0 bridgehead atoms. The first-order chi connectivity index (χ1) is 12.8. The SMILES string of the molecule is CCNC(=NCc1cccc(CN(C)C)c1)NCc1nc(C(F)(F)F)cs1. The van der Waals surface area contributed by atoms with Gasteiger partial charge in [0.2, 0.25) is 0 Å². The number of hydrogen-bond donors (Lipinski definition) is 2. The van der Waals surface area contributed by atoms with Gasteiger partial charge >= 0.3 is 6.18 Å². The molecule has 1 aromatic carbocycles. The van der Waals surface area contributed by atoms with Crippen molar-refractivity contribution in [1.82, 2.24) is 20.5 Å². The molecule has 2 N–H and O–H groups in total. The summed E-state index contributed by atoms with van der Waals surface area (Å²) in [5, 5.41) is 7.51. The minimum Gasteiger partial charge on any atom is -0.357 e. The molecule has 0 radical (unpaired) electrons. The molecule has 9 heteroatoms. The van der Waals surface area contributed by atoms with Crippen LogP contribution in [0.5, 0.6) is 0 Å². The lowest BCUT2D eigenvalue weighted by atomic mass is 10.1. The van der Waals surface area contributed by atoms with E-state index < -0.39 is 11.9 Å². The largest absolute Gasteiger partial charge is 0.434 e. The predicted molar refractivity (Wildman–Crippen MR) is 103 cm³/mol. The van der Waals surface area contributed by atoms with Crippen LogP contribution in [0.2, 0.25) is 0 Å². The number of guanidine groups is 1. The number of hydrogen-bond acceptors (Lipinski definition) is 4. The highest BCUT2D eigenvalue weighted by Crippen LogP contribution is 2.29. The molecule has 0 fully saturated rings. The van der Waals surface area contributed by atoms with E-state index in [0.29, 0.717) is 24.1 Å². The fraction of sp³-hybridized carbons (Fsp3) is 0.444. The van der Waals surface area contributed by atoms with E-state index >= 15 is 0 Å². The Hall–Kier alpha value is -2.13. The van der Waals surface area contributed by atoms with Gasteiger partial charge in [0.25, 0.3) is 0 Å². The number of alkyl halides is 3. The van der Waals surface area contributed by atoms with Crippen molar-refractivity contribution in [1.29, 1.82) is 0 Å². The first kappa shape index (κ1) is 21.2. The van der Waals surface area contributed by atoms with E-state index in [1.807, 2.05) is 33.2 Å². The van der Waals surface area contributed by atoms with E-state index in [1.165, 1.54) is 5.56 Å². The number of nitrogens with zero attached hydrogens (tertiary/aromatic N) is 3. The number of benzene rings is 1. The van der Waals surface area contributed by atoms with E-state index in [-0.39, 0.29) is 6.54 Å². The molecule has 0 saturated heterocycles. The van der Waals surface area contributed by atoms with Gasteiger partial charge in [0.15, 0.2) is 11.7 Å². The summed E-state index contributed by atoms with van der Waals surface area (Å²) in [7, 11) is 4.03. The van der Waals surface area contributed by atoms with Crippen LogP contribution < -0.4 is 10.6 Å². The summed E-state index contributed by atoms with van der Waals surface area (Å²) in [6.07, 6.45) is -4.41. The first-order valence-electron chi connectivity index (χ1n) is 8.54. The summed E-state index contributed by atoms with van der Waals surface area (Å²) in [5.41, 5.74) is 1.41. The Morgan fingerprint density at radius 2 is 1.96 bits per heavy atom. The Bertz CT molecular complexity index is 755. The van der Waals surface area contributed by atoms with Gasteiger partial charge in [-0.3, -0.25) is 0 Å². The minimum absolute atomic E-state index is 0.188. The van der Waals surface area contributed by atoms with E-state index in [9.17, 15) is 13.2 Å². The second-order valence-electron chi connectivity index (χ2n) is 6.23. The number of rotatable bonds is 7. The number of aromatic nitrogens is 1. The topological polar surface area (TPSA) is 52.6 Å². The van der Waals surface area contributed by atoms with Crippen LogP contribution in [0.25, 0.3) is 0 Å². The molecule has 2 aromatic rings. The fourth-order valence-corrected chi connectivity index (χ4v) is 3.13. The van der Waals surface area contributed by atoms with E-state index in [1.54, 1.807) is 0 Å². The van der Waals surface area contributed by atoms with Crippen molar-refractivity contribution in [2.24, 2.45) is 4.99 Å². The van der Waals surface area contributed by atoms with Gasteiger partial charge in [0, 0.05) is 18.5 Å². The molecule has 148 valence electrons. The molecule has 1 heterocycles. The highest BCUT2D eigenvalue weighted by Gasteiger charge is 2.33. The number of aliphatic imine (C=N–C) groups is 1. The summed E-state index contributed by atoms with van der Waals surface area (Å²) < 4.78 is 37.9. The minimum atomic E-state index is -4.41. The van der Waals surface area contributed by atoms with Gasteiger partial charge in [-0.2, -0.15) is 13.2 Å². The molecular formula is C18H24F3N5S. The van der Waals surface area contributed by atoms with Crippen LogP contribution >= 0.6 is 11.3 Å². The van der Waals surface area contributed by atoms with Crippen molar-refractivity contribution < 1.29 is 13.2 Å². The third-order valence-electron chi connectivity index (χ3n) is 3.50. The molecule has 0 unspecified atom stereocenters. The van der Waals surface area contributed by atoms with Gasteiger partial charge in [-0.15, -0.1) is 11.3 Å². The lowest BCUT2D eigenvalue weighted by molar-refractivity contribution is -0.140. The van der Waals surface area contributed by atoms with Crippen molar-refractivity contribution in [2.45, 2.75) is 32.7 Å². The lowest BCUT2D eigenvalue weighted by Gasteiger charge is -2.12. The van der Waals surface area contributed by atoms with Crippen LogP contribution in [0, 0.1) is 0 Å². The van der Waals surface area contributed by atoms with E-state index in [0.717, 1.165) is 28.8 Å². The second-order valence-corrected chi connectivity index (χ2v) is 7.17. The average Bonchev–Trinajstić information content (AvgIpc) is 3.06. The van der Waals surface area contributed by atoms with Crippen LogP contribution in [0.1, 0.15) is 28.8 Å². The maximum Gasteiger partial charge on any atom is 0.434 e. The summed E-state index contributed by atoms with van der Waals surface area (Å²) in [6, 6.07) is 8.17. The van der Waals surface area contributed by atoms with Crippen LogP contribution in [-0.2, 0) is 25.8 Å². The third-order valence-corrected chi connectivity index (χ3v) is 4.35. The molecule has 1 aromatic heterocycles. The highest BCUT2D eigenvalue weighted by molar-refractivity contribution is 7.09. The summed E-state index contributed by atoms with van der Waals surface area (Å²) in [4.78, 5) is 10.2. The smallest absolute Gasteiger partial charge is 0.357 e. The zero-order chi connectivity index (χ0) is 19.9. The molecule has 0 aliphatic carbocycles. The number of nitrogens with one attached hydrogen (secondary N) is 2. The highest BCUT2D eigenvalue weighted by atomic mass is 32.1. The Morgan fingerprint density at radius 1 is 1.22 bits per heavy atom. The van der Waals surface area contributed by atoms with Crippen LogP contribution in [0.4, 0.5) is 13.2 Å². The monoisotopic (exact) mass is 399 g/mol. The second kappa shape index (κ2) is 9.70. The summed E-state index contributed by atoms with van der Waals surface area (Å²) >= 11 is 0.978. The lowest BCUT2D eigenvalue weighted by Crippen LogP contribution is -2.36. The predicted octanol–water partition coefficient (Wildman–Crippen LogP) is 3.48. The Morgan fingerprint density at radius 3 is 2.59 bits per heavy atom.